The quantitative estimate of drug-likeness (QED) is 0.699. The van der Waals surface area contributed by atoms with Crippen LogP contribution in [0.4, 0.5) is 0 Å². The molecule has 1 atom stereocenters. The van der Waals surface area contributed by atoms with Gasteiger partial charge in [-0.25, -0.2) is 0 Å². The van der Waals surface area contributed by atoms with Gasteiger partial charge in [0.05, 0.1) is 5.60 Å². The molecule has 0 amide bonds. The van der Waals surface area contributed by atoms with Gasteiger partial charge in [-0.3, -0.25) is 0 Å². The summed E-state index contributed by atoms with van der Waals surface area (Å²) in [7, 11) is 0. The zero-order valence-electron chi connectivity index (χ0n) is 8.39. The minimum Gasteiger partial charge on any atom is -0.390 e. The second-order valence-electron chi connectivity index (χ2n) is 4.76. The SMILES string of the molecule is OC1(CCC2CCCCN2)CCC1. The van der Waals surface area contributed by atoms with Gasteiger partial charge in [0.2, 0.25) is 0 Å². The molecule has 13 heavy (non-hydrogen) atoms. The van der Waals surface area contributed by atoms with Gasteiger partial charge in [0.1, 0.15) is 0 Å². The zero-order valence-corrected chi connectivity index (χ0v) is 8.39. The molecule has 1 heterocycles. The Morgan fingerprint density at radius 2 is 2.08 bits per heavy atom. The highest BCUT2D eigenvalue weighted by molar-refractivity contribution is 4.89. The molecule has 0 aromatic heterocycles. The second kappa shape index (κ2) is 3.97. The summed E-state index contributed by atoms with van der Waals surface area (Å²) >= 11 is 0. The monoisotopic (exact) mass is 183 g/mol. The maximum atomic E-state index is 9.91. The summed E-state index contributed by atoms with van der Waals surface area (Å²) in [5, 5.41) is 13.4. The predicted octanol–water partition coefficient (Wildman–Crippen LogP) is 1.82. The first-order valence-corrected chi connectivity index (χ1v) is 5.74. The van der Waals surface area contributed by atoms with Gasteiger partial charge in [0, 0.05) is 6.04 Å². The van der Waals surface area contributed by atoms with E-state index in [4.69, 9.17) is 0 Å². The highest BCUT2D eigenvalue weighted by Crippen LogP contribution is 2.36. The van der Waals surface area contributed by atoms with Gasteiger partial charge in [0.25, 0.3) is 0 Å². The fourth-order valence-electron chi connectivity index (χ4n) is 2.45. The summed E-state index contributed by atoms with van der Waals surface area (Å²) < 4.78 is 0. The Kier molecular flexibility index (Phi) is 2.89. The van der Waals surface area contributed by atoms with Crippen LogP contribution in [0.5, 0.6) is 0 Å². The van der Waals surface area contributed by atoms with Gasteiger partial charge in [-0.15, -0.1) is 0 Å². The molecular weight excluding hydrogens is 162 g/mol. The van der Waals surface area contributed by atoms with Crippen LogP contribution in [0.15, 0.2) is 0 Å². The van der Waals surface area contributed by atoms with E-state index in [1.165, 1.54) is 38.6 Å². The average Bonchev–Trinajstić information content (AvgIpc) is 2.13. The van der Waals surface area contributed by atoms with Crippen molar-refractivity contribution in [3.8, 4) is 0 Å². The Morgan fingerprint density at radius 3 is 2.62 bits per heavy atom. The highest BCUT2D eigenvalue weighted by atomic mass is 16.3. The lowest BCUT2D eigenvalue weighted by Gasteiger charge is -2.38. The molecule has 0 aromatic rings. The van der Waals surface area contributed by atoms with E-state index in [1.54, 1.807) is 0 Å². The number of rotatable bonds is 3. The first-order valence-electron chi connectivity index (χ1n) is 5.74. The Bertz CT molecular complexity index is 159. The molecule has 2 N–H and O–H groups in total. The van der Waals surface area contributed by atoms with Crippen molar-refractivity contribution in [2.45, 2.75) is 63.0 Å². The van der Waals surface area contributed by atoms with Crippen molar-refractivity contribution >= 4 is 0 Å². The molecule has 2 rings (SSSR count). The Balaban J connectivity index is 1.66. The number of hydrogen-bond acceptors (Lipinski definition) is 2. The first-order chi connectivity index (χ1) is 6.29. The number of aliphatic hydroxyl groups is 1. The Hall–Kier alpha value is -0.0800. The van der Waals surface area contributed by atoms with Crippen molar-refractivity contribution in [2.24, 2.45) is 0 Å². The zero-order chi connectivity index (χ0) is 9.15. The molecule has 1 unspecified atom stereocenters. The first kappa shape index (κ1) is 9.47. The average molecular weight is 183 g/mol. The van der Waals surface area contributed by atoms with E-state index in [9.17, 15) is 5.11 Å². The Labute approximate surface area is 80.7 Å². The summed E-state index contributed by atoms with van der Waals surface area (Å²) in [5.41, 5.74) is -0.265. The molecule has 1 saturated heterocycles. The van der Waals surface area contributed by atoms with Crippen molar-refractivity contribution in [1.82, 2.24) is 5.32 Å². The number of hydrogen-bond donors (Lipinski definition) is 2. The van der Waals surface area contributed by atoms with Crippen LogP contribution < -0.4 is 5.32 Å². The lowest BCUT2D eigenvalue weighted by molar-refractivity contribution is -0.0438. The third-order valence-electron chi connectivity index (χ3n) is 3.65. The third kappa shape index (κ3) is 2.44. The summed E-state index contributed by atoms with van der Waals surface area (Å²) in [6, 6.07) is 0.693. The molecule has 0 radical (unpaired) electrons. The van der Waals surface area contributed by atoms with Crippen LogP contribution in [0.2, 0.25) is 0 Å². The van der Waals surface area contributed by atoms with Crippen molar-refractivity contribution in [3.05, 3.63) is 0 Å². The van der Waals surface area contributed by atoms with Crippen LogP contribution in [0.1, 0.15) is 51.4 Å². The van der Waals surface area contributed by atoms with Gasteiger partial charge in [-0.1, -0.05) is 6.42 Å². The van der Waals surface area contributed by atoms with Crippen LogP contribution in [-0.4, -0.2) is 23.3 Å². The molecule has 0 spiro atoms. The largest absolute Gasteiger partial charge is 0.390 e. The summed E-state index contributed by atoms with van der Waals surface area (Å²) in [6.07, 6.45) is 9.53. The fraction of sp³-hybridized carbons (Fsp3) is 1.00. The highest BCUT2D eigenvalue weighted by Gasteiger charge is 2.34. The van der Waals surface area contributed by atoms with Crippen LogP contribution in [-0.2, 0) is 0 Å². The molecule has 1 aliphatic heterocycles. The smallest absolute Gasteiger partial charge is 0.0648 e. The molecule has 2 nitrogen and oxygen atoms in total. The standard InChI is InChI=1S/C11H21NO/c13-11(6-3-7-11)8-5-10-4-1-2-9-12-10/h10,12-13H,1-9H2. The summed E-state index contributed by atoms with van der Waals surface area (Å²) in [6.45, 7) is 1.18. The van der Waals surface area contributed by atoms with E-state index in [0.29, 0.717) is 6.04 Å². The minimum absolute atomic E-state index is 0.265. The van der Waals surface area contributed by atoms with Crippen LogP contribution in [0.3, 0.4) is 0 Å². The van der Waals surface area contributed by atoms with Crippen molar-refractivity contribution in [3.63, 3.8) is 0 Å². The van der Waals surface area contributed by atoms with Crippen LogP contribution in [0.25, 0.3) is 0 Å². The molecule has 1 saturated carbocycles. The molecule has 2 heteroatoms. The van der Waals surface area contributed by atoms with E-state index in [-0.39, 0.29) is 5.60 Å². The predicted molar refractivity (Wildman–Crippen MR) is 53.7 cm³/mol. The van der Waals surface area contributed by atoms with Crippen molar-refractivity contribution in [1.29, 1.82) is 0 Å². The van der Waals surface area contributed by atoms with Crippen LogP contribution >= 0.6 is 0 Å². The molecule has 0 aromatic carbocycles. The summed E-state index contributed by atoms with van der Waals surface area (Å²) in [5.74, 6) is 0. The minimum atomic E-state index is -0.265. The third-order valence-corrected chi connectivity index (χ3v) is 3.65. The Morgan fingerprint density at radius 1 is 1.23 bits per heavy atom. The normalized spacial score (nSPS) is 32.5. The van der Waals surface area contributed by atoms with Crippen molar-refractivity contribution < 1.29 is 5.11 Å². The van der Waals surface area contributed by atoms with Gasteiger partial charge in [-0.2, -0.15) is 0 Å². The topological polar surface area (TPSA) is 32.3 Å². The van der Waals surface area contributed by atoms with E-state index in [0.717, 1.165) is 19.3 Å². The maximum absolute atomic E-state index is 9.91. The van der Waals surface area contributed by atoms with Gasteiger partial charge in [0.15, 0.2) is 0 Å². The maximum Gasteiger partial charge on any atom is 0.0648 e. The number of nitrogens with one attached hydrogen (secondary N) is 1. The lowest BCUT2D eigenvalue weighted by Crippen LogP contribution is -2.40. The van der Waals surface area contributed by atoms with Gasteiger partial charge >= 0.3 is 0 Å². The molecule has 2 aliphatic rings. The van der Waals surface area contributed by atoms with E-state index >= 15 is 0 Å². The van der Waals surface area contributed by atoms with E-state index in [2.05, 4.69) is 5.32 Å². The fourth-order valence-corrected chi connectivity index (χ4v) is 2.45. The van der Waals surface area contributed by atoms with Crippen molar-refractivity contribution in [2.75, 3.05) is 6.54 Å². The molecule has 0 bridgehead atoms. The molecule has 76 valence electrons. The van der Waals surface area contributed by atoms with Gasteiger partial charge in [-0.05, 0) is 51.5 Å². The van der Waals surface area contributed by atoms with Gasteiger partial charge < -0.3 is 10.4 Å². The lowest BCUT2D eigenvalue weighted by atomic mass is 9.76. The molecule has 2 fully saturated rings. The summed E-state index contributed by atoms with van der Waals surface area (Å²) in [4.78, 5) is 0. The van der Waals surface area contributed by atoms with E-state index < -0.39 is 0 Å². The second-order valence-corrected chi connectivity index (χ2v) is 4.76. The van der Waals surface area contributed by atoms with E-state index in [1.807, 2.05) is 0 Å². The molecule has 1 aliphatic carbocycles. The molecular formula is C11H21NO. The van der Waals surface area contributed by atoms with Crippen LogP contribution in [0, 0.1) is 0 Å². The number of piperidine rings is 1.